The number of rotatable bonds is 3. The highest BCUT2D eigenvalue weighted by molar-refractivity contribution is 5.98. The Hall–Kier alpha value is -2.37. The second-order valence-electron chi connectivity index (χ2n) is 6.00. The average Bonchev–Trinajstić information content (AvgIpc) is 2.53. The third kappa shape index (κ3) is 4.31. The van der Waals surface area contributed by atoms with Crippen molar-refractivity contribution in [3.8, 4) is 0 Å². The second-order valence-corrected chi connectivity index (χ2v) is 6.00. The van der Waals surface area contributed by atoms with Crippen LogP contribution in [0.25, 0.3) is 0 Å². The summed E-state index contributed by atoms with van der Waals surface area (Å²) in [6.45, 7) is 7.54. The number of carbonyl (C=O) groups is 3. The van der Waals surface area contributed by atoms with Gasteiger partial charge < -0.3 is 15.1 Å². The molecule has 1 fully saturated rings. The van der Waals surface area contributed by atoms with Gasteiger partial charge in [-0.05, 0) is 38.1 Å². The highest BCUT2D eigenvalue weighted by Gasteiger charge is 2.23. The maximum atomic E-state index is 12.5. The molecule has 6 nitrogen and oxygen atoms in total. The van der Waals surface area contributed by atoms with E-state index in [1.165, 1.54) is 0 Å². The highest BCUT2D eigenvalue weighted by atomic mass is 16.2. The predicted octanol–water partition coefficient (Wildman–Crippen LogP) is 1.13. The number of nitrogens with zero attached hydrogens (tertiary/aromatic N) is 2. The molecule has 1 saturated heterocycles. The normalized spacial score (nSPS) is 14.8. The van der Waals surface area contributed by atoms with Gasteiger partial charge >= 0.3 is 0 Å². The Kier molecular flexibility index (Phi) is 5.36. The van der Waals surface area contributed by atoms with Crippen molar-refractivity contribution in [2.24, 2.45) is 0 Å². The summed E-state index contributed by atoms with van der Waals surface area (Å²) in [5.74, 6) is -0.171. The van der Waals surface area contributed by atoms with Gasteiger partial charge in [-0.25, -0.2) is 0 Å². The molecule has 0 aliphatic carbocycles. The fraction of sp³-hybridized carbons (Fsp3) is 0.471. The van der Waals surface area contributed by atoms with Gasteiger partial charge in [-0.3, -0.25) is 14.4 Å². The molecule has 1 heterocycles. The van der Waals surface area contributed by atoms with Crippen LogP contribution in [0.5, 0.6) is 0 Å². The number of carbonyl (C=O) groups excluding carboxylic acids is 3. The van der Waals surface area contributed by atoms with E-state index in [-0.39, 0.29) is 23.8 Å². The van der Waals surface area contributed by atoms with Crippen LogP contribution in [-0.4, -0.2) is 59.7 Å². The van der Waals surface area contributed by atoms with Gasteiger partial charge in [-0.1, -0.05) is 0 Å². The van der Waals surface area contributed by atoms with Crippen LogP contribution in [0.1, 0.15) is 41.5 Å². The number of piperazine rings is 1. The fourth-order valence-corrected chi connectivity index (χ4v) is 2.52. The summed E-state index contributed by atoms with van der Waals surface area (Å²) in [6.07, 6.45) is 0. The van der Waals surface area contributed by atoms with E-state index in [9.17, 15) is 14.4 Å². The van der Waals surface area contributed by atoms with Crippen molar-refractivity contribution >= 4 is 17.7 Å². The first-order valence-corrected chi connectivity index (χ1v) is 7.84. The molecule has 1 N–H and O–H groups in total. The Balaban J connectivity index is 1.98. The first kappa shape index (κ1) is 17.0. The lowest BCUT2D eigenvalue weighted by atomic mass is 10.1. The van der Waals surface area contributed by atoms with Crippen LogP contribution in [0.2, 0.25) is 0 Å². The summed E-state index contributed by atoms with van der Waals surface area (Å²) in [5, 5.41) is 2.81. The van der Waals surface area contributed by atoms with E-state index in [2.05, 4.69) is 5.32 Å². The summed E-state index contributed by atoms with van der Waals surface area (Å²) in [6, 6.07) is 6.75. The SMILES string of the molecule is CC(=O)N1CCN(C(=O)c2ccc(C(=O)NC(C)C)cc2)CC1. The van der Waals surface area contributed by atoms with Crippen molar-refractivity contribution in [2.45, 2.75) is 26.8 Å². The Morgan fingerprint density at radius 3 is 1.87 bits per heavy atom. The molecule has 1 aliphatic heterocycles. The minimum atomic E-state index is -0.144. The van der Waals surface area contributed by atoms with Gasteiger partial charge in [0.2, 0.25) is 5.91 Å². The van der Waals surface area contributed by atoms with Crippen LogP contribution in [0.3, 0.4) is 0 Å². The first-order chi connectivity index (χ1) is 10.9. The number of nitrogens with one attached hydrogen (secondary N) is 1. The number of hydrogen-bond acceptors (Lipinski definition) is 3. The molecule has 0 saturated carbocycles. The van der Waals surface area contributed by atoms with Gasteiger partial charge in [-0.2, -0.15) is 0 Å². The Morgan fingerprint density at radius 2 is 1.39 bits per heavy atom. The lowest BCUT2D eigenvalue weighted by Gasteiger charge is -2.34. The average molecular weight is 317 g/mol. The molecule has 1 aromatic rings. The molecule has 1 aliphatic rings. The van der Waals surface area contributed by atoms with Gasteiger partial charge in [0.15, 0.2) is 0 Å². The van der Waals surface area contributed by atoms with Gasteiger partial charge in [0.25, 0.3) is 11.8 Å². The van der Waals surface area contributed by atoms with Gasteiger partial charge in [-0.15, -0.1) is 0 Å². The number of benzene rings is 1. The molecule has 0 radical (unpaired) electrons. The van der Waals surface area contributed by atoms with E-state index >= 15 is 0 Å². The zero-order valence-corrected chi connectivity index (χ0v) is 13.8. The van der Waals surface area contributed by atoms with Gasteiger partial charge in [0, 0.05) is 50.3 Å². The van der Waals surface area contributed by atoms with E-state index in [4.69, 9.17) is 0 Å². The van der Waals surface area contributed by atoms with Crippen molar-refractivity contribution < 1.29 is 14.4 Å². The zero-order chi connectivity index (χ0) is 17.0. The molecular formula is C17H23N3O3. The molecule has 124 valence electrons. The number of hydrogen-bond donors (Lipinski definition) is 1. The summed E-state index contributed by atoms with van der Waals surface area (Å²) < 4.78 is 0. The van der Waals surface area contributed by atoms with Crippen molar-refractivity contribution in [3.05, 3.63) is 35.4 Å². The maximum Gasteiger partial charge on any atom is 0.253 e. The van der Waals surface area contributed by atoms with Crippen molar-refractivity contribution in [2.75, 3.05) is 26.2 Å². The standard InChI is InChI=1S/C17H23N3O3/c1-12(2)18-16(22)14-4-6-15(7-5-14)17(23)20-10-8-19(9-11-20)13(3)21/h4-7,12H,8-11H2,1-3H3,(H,18,22). The predicted molar refractivity (Wildman–Crippen MR) is 87.2 cm³/mol. The molecule has 0 unspecified atom stereocenters. The van der Waals surface area contributed by atoms with Crippen LogP contribution >= 0.6 is 0 Å². The number of amides is 3. The van der Waals surface area contributed by atoms with Crippen molar-refractivity contribution in [1.29, 1.82) is 0 Å². The lowest BCUT2D eigenvalue weighted by molar-refractivity contribution is -0.130. The van der Waals surface area contributed by atoms with E-state index in [1.54, 1.807) is 41.0 Å². The third-order valence-corrected chi connectivity index (χ3v) is 3.83. The van der Waals surface area contributed by atoms with E-state index in [1.807, 2.05) is 13.8 Å². The summed E-state index contributed by atoms with van der Waals surface area (Å²) in [4.78, 5) is 39.1. The first-order valence-electron chi connectivity index (χ1n) is 7.84. The quantitative estimate of drug-likeness (QED) is 0.908. The smallest absolute Gasteiger partial charge is 0.253 e. The molecule has 0 spiro atoms. The van der Waals surface area contributed by atoms with Gasteiger partial charge in [0.1, 0.15) is 0 Å². The molecule has 2 rings (SSSR count). The van der Waals surface area contributed by atoms with Crippen LogP contribution in [-0.2, 0) is 4.79 Å². The molecular weight excluding hydrogens is 294 g/mol. The Morgan fingerprint density at radius 1 is 0.913 bits per heavy atom. The molecule has 6 heteroatoms. The largest absolute Gasteiger partial charge is 0.350 e. The summed E-state index contributed by atoms with van der Waals surface area (Å²) in [5.41, 5.74) is 1.10. The van der Waals surface area contributed by atoms with Gasteiger partial charge in [0.05, 0.1) is 0 Å². The Bertz CT molecular complexity index is 588. The van der Waals surface area contributed by atoms with Crippen molar-refractivity contribution in [3.63, 3.8) is 0 Å². The second kappa shape index (κ2) is 7.26. The van der Waals surface area contributed by atoms with E-state index < -0.39 is 0 Å². The Labute approximate surface area is 136 Å². The fourth-order valence-electron chi connectivity index (χ4n) is 2.52. The molecule has 0 bridgehead atoms. The van der Waals surface area contributed by atoms with Crippen molar-refractivity contribution in [1.82, 2.24) is 15.1 Å². The minimum absolute atomic E-state index is 0.0395. The molecule has 3 amide bonds. The monoisotopic (exact) mass is 317 g/mol. The molecule has 1 aromatic carbocycles. The molecule has 0 aromatic heterocycles. The topological polar surface area (TPSA) is 69.7 Å². The summed E-state index contributed by atoms with van der Waals surface area (Å²) in [7, 11) is 0. The van der Waals surface area contributed by atoms with Crippen LogP contribution < -0.4 is 5.32 Å². The molecule has 23 heavy (non-hydrogen) atoms. The maximum absolute atomic E-state index is 12.5. The van der Waals surface area contributed by atoms with Crippen LogP contribution in [0, 0.1) is 0 Å². The van der Waals surface area contributed by atoms with Crippen LogP contribution in [0.4, 0.5) is 0 Å². The minimum Gasteiger partial charge on any atom is -0.350 e. The highest BCUT2D eigenvalue weighted by Crippen LogP contribution is 2.11. The summed E-state index contributed by atoms with van der Waals surface area (Å²) >= 11 is 0. The van der Waals surface area contributed by atoms with Crippen LogP contribution in [0.15, 0.2) is 24.3 Å². The zero-order valence-electron chi connectivity index (χ0n) is 13.8. The molecule has 0 atom stereocenters. The third-order valence-electron chi connectivity index (χ3n) is 3.83. The van der Waals surface area contributed by atoms with E-state index in [0.717, 1.165) is 0 Å². The van der Waals surface area contributed by atoms with E-state index in [0.29, 0.717) is 37.3 Å². The lowest BCUT2D eigenvalue weighted by Crippen LogP contribution is -2.50.